The Balaban J connectivity index is -0.000000298. The molecule has 0 aromatic carbocycles. The molecule has 0 aromatic heterocycles. The minimum absolute atomic E-state index is 0.0906. The Morgan fingerprint density at radius 3 is 2.00 bits per heavy atom. The summed E-state index contributed by atoms with van der Waals surface area (Å²) in [4.78, 5) is 19.2. The second-order valence-corrected chi connectivity index (χ2v) is 4.42. The summed E-state index contributed by atoms with van der Waals surface area (Å²) in [5.41, 5.74) is 0. The monoisotopic (exact) mass is 342 g/mol. The van der Waals surface area contributed by atoms with Crippen molar-refractivity contribution < 1.29 is 30.0 Å². The zero-order valence-electron chi connectivity index (χ0n) is 14.3. The Kier molecular flexibility index (Phi) is 25.7. The minimum Gasteiger partial charge on any atom is -0.481 e. The Morgan fingerprint density at radius 2 is 1.62 bits per heavy atom. The first-order chi connectivity index (χ1) is 11.3. The van der Waals surface area contributed by atoms with Gasteiger partial charge in [-0.05, 0) is 19.3 Å². The van der Waals surface area contributed by atoms with Crippen LogP contribution in [0, 0.1) is 0 Å². The summed E-state index contributed by atoms with van der Waals surface area (Å²) in [5, 5.41) is 33.1. The molecule has 6 heteroatoms. The molecule has 0 aliphatic rings. The lowest BCUT2D eigenvalue weighted by Crippen LogP contribution is -1.98. The average Bonchev–Trinajstić information content (AvgIpc) is 2.53. The van der Waals surface area contributed by atoms with Crippen LogP contribution in [0.3, 0.4) is 0 Å². The van der Waals surface area contributed by atoms with Crippen molar-refractivity contribution in [1.82, 2.24) is 0 Å². The van der Waals surface area contributed by atoms with E-state index < -0.39 is 18.0 Å². The van der Waals surface area contributed by atoms with Crippen molar-refractivity contribution >= 4 is 11.9 Å². The van der Waals surface area contributed by atoms with E-state index in [0.29, 0.717) is 19.3 Å². The van der Waals surface area contributed by atoms with E-state index in [9.17, 15) is 9.59 Å². The van der Waals surface area contributed by atoms with E-state index in [-0.39, 0.29) is 19.4 Å². The summed E-state index contributed by atoms with van der Waals surface area (Å²) >= 11 is 0. The highest BCUT2D eigenvalue weighted by Crippen LogP contribution is 1.94. The predicted octanol–water partition coefficient (Wildman–Crippen LogP) is 2.94. The van der Waals surface area contributed by atoms with Gasteiger partial charge < -0.3 is 20.4 Å². The second kappa shape index (κ2) is 23.1. The van der Waals surface area contributed by atoms with Crippen LogP contribution in [0.4, 0.5) is 0 Å². The molecule has 0 heterocycles. The third kappa shape index (κ3) is 36.8. The van der Waals surface area contributed by atoms with Crippen molar-refractivity contribution in [2.24, 2.45) is 0 Å². The fraction of sp³-hybridized carbons (Fsp3) is 0.444. The first-order valence-corrected chi connectivity index (χ1v) is 7.64. The standard InChI is InChI=1S/C10H14O.C5H10O3.C3H6O2/c1-3-5-6-7-9-10(11)8-4-2;6-4-2-1-3-5(7)8;1-2-3(4)5/h3-7,9-11H,1-2,8H2;6H,1-4H2,(H,7,8);2H2,1H3,(H,4,5)/b6-5+,9-7+;;/t10-;;/m1../s1. The number of hydrogen-bond donors (Lipinski definition) is 4. The van der Waals surface area contributed by atoms with E-state index >= 15 is 0 Å². The Bertz CT molecular complexity index is 385. The number of aliphatic hydroxyl groups is 2. The van der Waals surface area contributed by atoms with Crippen LogP contribution < -0.4 is 0 Å². The highest BCUT2D eigenvalue weighted by Gasteiger charge is 1.93. The largest absolute Gasteiger partial charge is 0.481 e. The lowest BCUT2D eigenvalue weighted by Gasteiger charge is -1.97. The van der Waals surface area contributed by atoms with Gasteiger partial charge in [-0.2, -0.15) is 0 Å². The molecule has 0 bridgehead atoms. The molecule has 0 unspecified atom stereocenters. The molecule has 24 heavy (non-hydrogen) atoms. The van der Waals surface area contributed by atoms with Crippen molar-refractivity contribution in [3.63, 3.8) is 0 Å². The van der Waals surface area contributed by atoms with Crippen LogP contribution in [0.1, 0.15) is 39.0 Å². The number of hydrogen-bond acceptors (Lipinski definition) is 4. The van der Waals surface area contributed by atoms with Gasteiger partial charge in [0.1, 0.15) is 0 Å². The van der Waals surface area contributed by atoms with E-state index in [4.69, 9.17) is 20.4 Å². The first-order valence-electron chi connectivity index (χ1n) is 7.64. The molecule has 4 N–H and O–H groups in total. The van der Waals surface area contributed by atoms with Gasteiger partial charge in [-0.1, -0.05) is 50.0 Å². The molecule has 0 spiro atoms. The van der Waals surface area contributed by atoms with Crippen molar-refractivity contribution in [3.8, 4) is 0 Å². The topological polar surface area (TPSA) is 115 Å². The van der Waals surface area contributed by atoms with E-state index in [1.54, 1.807) is 37.3 Å². The van der Waals surface area contributed by atoms with E-state index in [1.807, 2.05) is 6.08 Å². The van der Waals surface area contributed by atoms with E-state index in [2.05, 4.69) is 13.2 Å². The summed E-state index contributed by atoms with van der Waals surface area (Å²) in [5.74, 6) is -1.54. The fourth-order valence-corrected chi connectivity index (χ4v) is 0.972. The zero-order valence-corrected chi connectivity index (χ0v) is 14.3. The van der Waals surface area contributed by atoms with Gasteiger partial charge in [-0.3, -0.25) is 9.59 Å². The van der Waals surface area contributed by atoms with Crippen molar-refractivity contribution in [3.05, 3.63) is 49.6 Å². The third-order valence-corrected chi connectivity index (χ3v) is 2.20. The molecule has 0 amide bonds. The van der Waals surface area contributed by atoms with Crippen LogP contribution >= 0.6 is 0 Å². The van der Waals surface area contributed by atoms with Gasteiger partial charge in [0.15, 0.2) is 0 Å². The van der Waals surface area contributed by atoms with Gasteiger partial charge in [-0.15, -0.1) is 6.58 Å². The summed E-state index contributed by atoms with van der Waals surface area (Å²) in [6, 6.07) is 0. The SMILES string of the molecule is C=C/C=C/C=C/[C@H](O)CC=C.CCC(=O)O.O=C(O)CCCCO. The number of carboxylic acids is 2. The molecule has 6 nitrogen and oxygen atoms in total. The lowest BCUT2D eigenvalue weighted by molar-refractivity contribution is -0.137. The molecule has 0 saturated heterocycles. The minimum atomic E-state index is -0.793. The van der Waals surface area contributed by atoms with Crippen LogP contribution in [0.5, 0.6) is 0 Å². The van der Waals surface area contributed by atoms with Gasteiger partial charge in [0, 0.05) is 19.4 Å². The first kappa shape index (κ1) is 26.7. The normalized spacial score (nSPS) is 11.0. The Hall–Kier alpha value is -2.18. The Morgan fingerprint density at radius 1 is 1.04 bits per heavy atom. The summed E-state index contributed by atoms with van der Waals surface area (Å²) < 4.78 is 0. The van der Waals surface area contributed by atoms with Crippen LogP contribution in [-0.2, 0) is 9.59 Å². The maximum Gasteiger partial charge on any atom is 0.303 e. The van der Waals surface area contributed by atoms with Gasteiger partial charge in [-0.25, -0.2) is 0 Å². The molecular weight excluding hydrogens is 312 g/mol. The van der Waals surface area contributed by atoms with Crippen LogP contribution in [0.25, 0.3) is 0 Å². The van der Waals surface area contributed by atoms with Gasteiger partial charge in [0.2, 0.25) is 0 Å². The predicted molar refractivity (Wildman–Crippen MR) is 95.8 cm³/mol. The number of allylic oxidation sites excluding steroid dienone is 4. The molecule has 0 saturated carbocycles. The van der Waals surface area contributed by atoms with Gasteiger partial charge in [0.05, 0.1) is 6.10 Å². The third-order valence-electron chi connectivity index (χ3n) is 2.20. The number of aliphatic hydroxyl groups excluding tert-OH is 2. The number of unbranched alkanes of at least 4 members (excludes halogenated alkanes) is 1. The summed E-state index contributed by atoms with van der Waals surface area (Å²) in [6.45, 7) is 8.72. The molecule has 0 aliphatic heterocycles. The molecule has 0 radical (unpaired) electrons. The van der Waals surface area contributed by atoms with Crippen LogP contribution in [0.15, 0.2) is 49.6 Å². The quantitative estimate of drug-likeness (QED) is 0.276. The smallest absolute Gasteiger partial charge is 0.303 e. The van der Waals surface area contributed by atoms with Gasteiger partial charge in [0.25, 0.3) is 0 Å². The van der Waals surface area contributed by atoms with Crippen molar-refractivity contribution in [2.75, 3.05) is 6.61 Å². The number of rotatable bonds is 10. The average molecular weight is 342 g/mol. The lowest BCUT2D eigenvalue weighted by atomic mass is 10.2. The highest BCUT2D eigenvalue weighted by atomic mass is 16.4. The van der Waals surface area contributed by atoms with Gasteiger partial charge >= 0.3 is 11.9 Å². The number of carboxylic acid groups (broad SMARTS) is 2. The molecule has 0 rings (SSSR count). The summed E-state index contributed by atoms with van der Waals surface area (Å²) in [7, 11) is 0. The summed E-state index contributed by atoms with van der Waals surface area (Å²) in [6.07, 6.45) is 12.2. The zero-order chi connectivity index (χ0) is 19.2. The van der Waals surface area contributed by atoms with Crippen molar-refractivity contribution in [1.29, 1.82) is 0 Å². The highest BCUT2D eigenvalue weighted by molar-refractivity contribution is 5.66. The second-order valence-electron chi connectivity index (χ2n) is 4.42. The maximum atomic E-state index is 9.79. The molecule has 138 valence electrons. The molecule has 0 aliphatic carbocycles. The van der Waals surface area contributed by atoms with Crippen LogP contribution in [0.2, 0.25) is 0 Å². The van der Waals surface area contributed by atoms with Crippen LogP contribution in [-0.4, -0.2) is 45.1 Å². The Labute approximate surface area is 144 Å². The molecule has 0 aromatic rings. The van der Waals surface area contributed by atoms with E-state index in [0.717, 1.165) is 0 Å². The fourth-order valence-electron chi connectivity index (χ4n) is 0.972. The molecule has 1 atom stereocenters. The number of aliphatic carboxylic acids is 2. The van der Waals surface area contributed by atoms with Crippen molar-refractivity contribution in [2.45, 2.75) is 45.1 Å². The van der Waals surface area contributed by atoms with E-state index in [1.165, 1.54) is 0 Å². The number of carbonyl (C=O) groups is 2. The maximum absolute atomic E-state index is 9.79. The molecular formula is C18H30O6. The molecule has 0 fully saturated rings.